The fourth-order valence-corrected chi connectivity index (χ4v) is 4.11. The van der Waals surface area contributed by atoms with Crippen molar-refractivity contribution < 1.29 is 28.0 Å². The molecule has 1 saturated heterocycles. The van der Waals surface area contributed by atoms with Gasteiger partial charge in [-0.3, -0.25) is 19.3 Å². The summed E-state index contributed by atoms with van der Waals surface area (Å²) in [7, 11) is 1.37. The first-order valence-electron chi connectivity index (χ1n) is 10.4. The van der Waals surface area contributed by atoms with Crippen molar-refractivity contribution in [1.29, 1.82) is 0 Å². The van der Waals surface area contributed by atoms with Crippen LogP contribution in [0.15, 0.2) is 59.3 Å². The van der Waals surface area contributed by atoms with Gasteiger partial charge in [-0.05, 0) is 24.3 Å². The standard InChI is InChI=1S/C25H23FN2O5/c1-25(2,3)23(30)20-21(19-16(26)6-5-7-18(19)32-4)28(24(31)22(20)29)15-10-8-14(9-11-15)17-12-13-33-27-17/h5-13,20-21H,1-4H3. The van der Waals surface area contributed by atoms with Gasteiger partial charge in [-0.15, -0.1) is 0 Å². The van der Waals surface area contributed by atoms with E-state index < -0.39 is 40.7 Å². The Labute approximate surface area is 190 Å². The SMILES string of the molecule is COc1cccc(F)c1C1C(C(=O)C(C)(C)C)C(=O)C(=O)N1c1ccc(-c2ccon2)cc1. The largest absolute Gasteiger partial charge is 0.496 e. The Morgan fingerprint density at radius 2 is 1.79 bits per heavy atom. The highest BCUT2D eigenvalue weighted by Crippen LogP contribution is 2.46. The van der Waals surface area contributed by atoms with E-state index in [1.807, 2.05) is 0 Å². The molecule has 1 aliphatic heterocycles. The molecule has 3 aromatic rings. The molecule has 2 atom stereocenters. The molecule has 1 fully saturated rings. The fraction of sp³-hybridized carbons (Fsp3) is 0.280. The smallest absolute Gasteiger partial charge is 0.295 e. The summed E-state index contributed by atoms with van der Waals surface area (Å²) < 4.78 is 25.4. The molecule has 170 valence electrons. The van der Waals surface area contributed by atoms with E-state index in [1.54, 1.807) is 51.1 Å². The summed E-state index contributed by atoms with van der Waals surface area (Å²) >= 11 is 0. The molecule has 1 amide bonds. The zero-order chi connectivity index (χ0) is 23.9. The van der Waals surface area contributed by atoms with Crippen LogP contribution in [0.5, 0.6) is 5.75 Å². The maximum absolute atomic E-state index is 15.2. The number of carbonyl (C=O) groups excluding carboxylic acids is 3. The topological polar surface area (TPSA) is 89.7 Å². The van der Waals surface area contributed by atoms with E-state index in [2.05, 4.69) is 5.16 Å². The highest BCUT2D eigenvalue weighted by atomic mass is 19.1. The molecule has 4 rings (SSSR count). The Bertz CT molecular complexity index is 1210. The zero-order valence-corrected chi connectivity index (χ0v) is 18.7. The molecule has 1 aliphatic rings. The molecule has 1 aromatic heterocycles. The number of nitrogens with zero attached hydrogens (tertiary/aromatic N) is 2. The van der Waals surface area contributed by atoms with Crippen LogP contribution in [0, 0.1) is 17.2 Å². The molecule has 2 heterocycles. The first-order valence-corrected chi connectivity index (χ1v) is 10.4. The Morgan fingerprint density at radius 1 is 1.09 bits per heavy atom. The van der Waals surface area contributed by atoms with E-state index in [1.165, 1.54) is 36.5 Å². The molecule has 0 radical (unpaired) electrons. The van der Waals surface area contributed by atoms with Crippen molar-refractivity contribution in [3.8, 4) is 17.0 Å². The van der Waals surface area contributed by atoms with Crippen LogP contribution in [0.3, 0.4) is 0 Å². The lowest BCUT2D eigenvalue weighted by Crippen LogP contribution is -2.36. The van der Waals surface area contributed by atoms with Crippen molar-refractivity contribution in [2.24, 2.45) is 11.3 Å². The molecule has 2 aromatic carbocycles. The molecule has 0 bridgehead atoms. The Balaban J connectivity index is 1.89. The first kappa shape index (κ1) is 22.4. The summed E-state index contributed by atoms with van der Waals surface area (Å²) in [5.41, 5.74) is 0.734. The van der Waals surface area contributed by atoms with Crippen LogP contribution in [0.1, 0.15) is 32.4 Å². The van der Waals surface area contributed by atoms with Gasteiger partial charge >= 0.3 is 0 Å². The molecular formula is C25H23FN2O5. The molecule has 0 saturated carbocycles. The normalized spacial score (nSPS) is 18.6. The fourth-order valence-electron chi connectivity index (χ4n) is 4.11. The highest BCUT2D eigenvalue weighted by molar-refractivity contribution is 6.48. The second kappa shape index (κ2) is 8.27. The average molecular weight is 450 g/mol. The molecule has 0 N–H and O–H groups in total. The van der Waals surface area contributed by atoms with E-state index >= 15 is 4.39 Å². The minimum absolute atomic E-state index is 0.0117. The van der Waals surface area contributed by atoms with Crippen molar-refractivity contribution in [1.82, 2.24) is 5.16 Å². The highest BCUT2D eigenvalue weighted by Gasteiger charge is 2.55. The second-order valence-corrected chi connectivity index (χ2v) is 8.86. The maximum Gasteiger partial charge on any atom is 0.295 e. The zero-order valence-electron chi connectivity index (χ0n) is 18.7. The number of ketones is 2. The number of aromatic nitrogens is 1. The van der Waals surface area contributed by atoms with Crippen LogP contribution in [0.4, 0.5) is 10.1 Å². The van der Waals surface area contributed by atoms with Gasteiger partial charge in [-0.1, -0.05) is 44.1 Å². The Morgan fingerprint density at radius 3 is 2.36 bits per heavy atom. The quantitative estimate of drug-likeness (QED) is 0.423. The summed E-state index contributed by atoms with van der Waals surface area (Å²) in [6.45, 7) is 4.99. The number of halogens is 1. The van der Waals surface area contributed by atoms with E-state index in [0.29, 0.717) is 11.4 Å². The number of hydrogen-bond acceptors (Lipinski definition) is 6. The molecule has 8 heteroatoms. The number of methoxy groups -OCH3 is 1. The summed E-state index contributed by atoms with van der Waals surface area (Å²) in [4.78, 5) is 40.8. The molecule has 7 nitrogen and oxygen atoms in total. The van der Waals surface area contributed by atoms with E-state index in [0.717, 1.165) is 5.56 Å². The van der Waals surface area contributed by atoms with Gasteiger partial charge in [0.1, 0.15) is 29.4 Å². The summed E-state index contributed by atoms with van der Waals surface area (Å²) in [5.74, 6) is -4.08. The Hall–Kier alpha value is -3.81. The summed E-state index contributed by atoms with van der Waals surface area (Å²) in [6.07, 6.45) is 1.44. The van der Waals surface area contributed by atoms with Crippen LogP contribution < -0.4 is 9.64 Å². The van der Waals surface area contributed by atoms with Gasteiger partial charge in [-0.2, -0.15) is 0 Å². The van der Waals surface area contributed by atoms with Gasteiger partial charge in [0.25, 0.3) is 5.91 Å². The van der Waals surface area contributed by atoms with Gasteiger partial charge in [0.05, 0.1) is 18.7 Å². The minimum atomic E-state index is -1.38. The van der Waals surface area contributed by atoms with E-state index in [4.69, 9.17) is 9.26 Å². The maximum atomic E-state index is 15.2. The van der Waals surface area contributed by atoms with Crippen LogP contribution in [-0.4, -0.2) is 29.7 Å². The van der Waals surface area contributed by atoms with Crippen LogP contribution in [0.2, 0.25) is 0 Å². The van der Waals surface area contributed by atoms with Crippen LogP contribution in [-0.2, 0) is 14.4 Å². The number of anilines is 1. The van der Waals surface area contributed by atoms with E-state index in [9.17, 15) is 14.4 Å². The number of rotatable bonds is 5. The number of carbonyl (C=O) groups is 3. The number of ether oxygens (including phenoxy) is 1. The van der Waals surface area contributed by atoms with Crippen molar-refractivity contribution in [3.63, 3.8) is 0 Å². The lowest BCUT2D eigenvalue weighted by Gasteiger charge is -2.31. The molecule has 2 unspecified atom stereocenters. The Kier molecular flexibility index (Phi) is 5.61. The molecule has 0 spiro atoms. The van der Waals surface area contributed by atoms with Gasteiger partial charge < -0.3 is 9.26 Å². The van der Waals surface area contributed by atoms with Crippen molar-refractivity contribution in [2.75, 3.05) is 12.0 Å². The van der Waals surface area contributed by atoms with Gasteiger partial charge in [0, 0.05) is 22.7 Å². The molecule has 33 heavy (non-hydrogen) atoms. The molecule has 0 aliphatic carbocycles. The monoisotopic (exact) mass is 450 g/mol. The summed E-state index contributed by atoms with van der Waals surface area (Å²) in [5, 5.41) is 3.88. The number of hydrogen-bond donors (Lipinski definition) is 0. The minimum Gasteiger partial charge on any atom is -0.496 e. The lowest BCUT2D eigenvalue weighted by atomic mass is 9.77. The van der Waals surface area contributed by atoms with Gasteiger partial charge in [0.15, 0.2) is 5.78 Å². The third kappa shape index (κ3) is 3.82. The third-order valence-electron chi connectivity index (χ3n) is 5.74. The van der Waals surface area contributed by atoms with E-state index in [-0.39, 0.29) is 11.3 Å². The van der Waals surface area contributed by atoms with Crippen molar-refractivity contribution in [3.05, 3.63) is 66.2 Å². The first-order chi connectivity index (χ1) is 15.6. The predicted octanol–water partition coefficient (Wildman–Crippen LogP) is 4.38. The summed E-state index contributed by atoms with van der Waals surface area (Å²) in [6, 6.07) is 11.4. The van der Waals surface area contributed by atoms with Crippen LogP contribution in [0.25, 0.3) is 11.3 Å². The third-order valence-corrected chi connectivity index (χ3v) is 5.74. The average Bonchev–Trinajstić information content (AvgIpc) is 3.40. The number of Topliss-reactive ketones (excluding diaryl/α,β-unsaturated/α-hetero) is 2. The van der Waals surface area contributed by atoms with Crippen molar-refractivity contribution >= 4 is 23.2 Å². The van der Waals surface area contributed by atoms with Crippen molar-refractivity contribution in [2.45, 2.75) is 26.8 Å². The van der Waals surface area contributed by atoms with Gasteiger partial charge in [0.2, 0.25) is 5.78 Å². The predicted molar refractivity (Wildman–Crippen MR) is 118 cm³/mol. The number of amides is 1. The lowest BCUT2D eigenvalue weighted by molar-refractivity contribution is -0.141. The van der Waals surface area contributed by atoms with Gasteiger partial charge in [-0.25, -0.2) is 4.39 Å². The second-order valence-electron chi connectivity index (χ2n) is 8.86. The molecular weight excluding hydrogens is 427 g/mol. The van der Waals surface area contributed by atoms with Crippen LogP contribution >= 0.6 is 0 Å². The number of benzene rings is 2.